The summed E-state index contributed by atoms with van der Waals surface area (Å²) in [6.45, 7) is 9.22. The van der Waals surface area contributed by atoms with Crippen molar-refractivity contribution in [2.45, 2.75) is 20.0 Å². The Kier molecular flexibility index (Phi) is 8.20. The van der Waals surface area contributed by atoms with E-state index >= 15 is 0 Å². The Balaban J connectivity index is 0.00000256. The predicted octanol–water partition coefficient (Wildman–Crippen LogP) is 2.26. The summed E-state index contributed by atoms with van der Waals surface area (Å²) in [7, 11) is 1.86. The zero-order chi connectivity index (χ0) is 20.1. The molecule has 4 rings (SSSR count). The Bertz CT molecular complexity index is 821. The van der Waals surface area contributed by atoms with Crippen LogP contribution in [-0.2, 0) is 13.1 Å². The van der Waals surface area contributed by atoms with Gasteiger partial charge in [-0.05, 0) is 29.7 Å². The van der Waals surface area contributed by atoms with Crippen molar-refractivity contribution in [3.63, 3.8) is 0 Å². The van der Waals surface area contributed by atoms with Crippen molar-refractivity contribution in [3.8, 4) is 11.5 Å². The summed E-state index contributed by atoms with van der Waals surface area (Å²) in [6, 6.07) is 8.18. The standard InChI is InChI=1S/C21H30N6O2.HI/c1-17(14-27-7-3-6-24-27)13-23-21(22-2)26-10-8-25(9-11-26)15-18-4-5-19-20(12-18)29-16-28-19;/h3-7,12,17H,8-11,13-16H2,1-2H3,(H,22,23);1H. The number of aliphatic imine (C=N–C) groups is 1. The van der Waals surface area contributed by atoms with Crippen molar-refractivity contribution in [3.05, 3.63) is 42.2 Å². The zero-order valence-corrected chi connectivity index (χ0v) is 20.0. The highest BCUT2D eigenvalue weighted by molar-refractivity contribution is 14.0. The fraction of sp³-hybridized carbons (Fsp3) is 0.524. The Hall–Kier alpha value is -2.01. The second-order valence-electron chi connectivity index (χ2n) is 7.71. The number of hydrogen-bond acceptors (Lipinski definition) is 5. The highest BCUT2D eigenvalue weighted by atomic mass is 127. The van der Waals surface area contributed by atoms with Gasteiger partial charge in [0, 0.05) is 65.3 Å². The summed E-state index contributed by atoms with van der Waals surface area (Å²) in [6.07, 6.45) is 3.83. The SMILES string of the molecule is CN=C(NCC(C)Cn1cccn1)N1CCN(Cc2ccc3c(c2)OCO3)CC1.I. The summed E-state index contributed by atoms with van der Waals surface area (Å²) < 4.78 is 12.9. The third kappa shape index (κ3) is 5.78. The van der Waals surface area contributed by atoms with E-state index in [1.54, 1.807) is 0 Å². The lowest BCUT2D eigenvalue weighted by Crippen LogP contribution is -2.52. The minimum absolute atomic E-state index is 0. The largest absolute Gasteiger partial charge is 0.454 e. The van der Waals surface area contributed by atoms with Crippen LogP contribution < -0.4 is 14.8 Å². The molecule has 1 aromatic heterocycles. The maximum Gasteiger partial charge on any atom is 0.231 e. The van der Waals surface area contributed by atoms with Crippen LogP contribution in [0.2, 0.25) is 0 Å². The quantitative estimate of drug-likeness (QED) is 0.354. The molecule has 1 atom stereocenters. The molecule has 0 spiro atoms. The number of fused-ring (bicyclic) bond motifs is 1. The smallest absolute Gasteiger partial charge is 0.231 e. The second kappa shape index (κ2) is 10.9. The molecule has 0 radical (unpaired) electrons. The molecule has 164 valence electrons. The van der Waals surface area contributed by atoms with Gasteiger partial charge < -0.3 is 19.7 Å². The van der Waals surface area contributed by atoms with Crippen molar-refractivity contribution in [1.29, 1.82) is 0 Å². The highest BCUT2D eigenvalue weighted by Gasteiger charge is 2.21. The van der Waals surface area contributed by atoms with Gasteiger partial charge in [0.25, 0.3) is 0 Å². The molecular formula is C21H31IN6O2. The lowest BCUT2D eigenvalue weighted by Gasteiger charge is -2.36. The van der Waals surface area contributed by atoms with Crippen LogP contribution in [0, 0.1) is 5.92 Å². The minimum atomic E-state index is 0. The number of benzene rings is 1. The normalized spacial score (nSPS) is 17.5. The van der Waals surface area contributed by atoms with Gasteiger partial charge in [0.05, 0.1) is 0 Å². The molecule has 0 saturated carbocycles. The van der Waals surface area contributed by atoms with Crippen LogP contribution in [0.15, 0.2) is 41.7 Å². The van der Waals surface area contributed by atoms with Gasteiger partial charge in [-0.25, -0.2) is 0 Å². The third-order valence-corrected chi connectivity index (χ3v) is 5.39. The van der Waals surface area contributed by atoms with E-state index in [-0.39, 0.29) is 24.0 Å². The summed E-state index contributed by atoms with van der Waals surface area (Å²) in [4.78, 5) is 9.31. The van der Waals surface area contributed by atoms with Crippen molar-refractivity contribution in [1.82, 2.24) is 24.9 Å². The summed E-state index contributed by atoms with van der Waals surface area (Å²) in [5.74, 6) is 3.16. The van der Waals surface area contributed by atoms with E-state index in [2.05, 4.69) is 44.3 Å². The Morgan fingerprint density at radius 3 is 2.73 bits per heavy atom. The first-order valence-electron chi connectivity index (χ1n) is 10.2. The molecule has 30 heavy (non-hydrogen) atoms. The van der Waals surface area contributed by atoms with Crippen LogP contribution in [0.4, 0.5) is 0 Å². The van der Waals surface area contributed by atoms with Crippen molar-refractivity contribution >= 4 is 29.9 Å². The Labute approximate surface area is 195 Å². The molecule has 8 nitrogen and oxygen atoms in total. The summed E-state index contributed by atoms with van der Waals surface area (Å²) >= 11 is 0. The van der Waals surface area contributed by atoms with Crippen molar-refractivity contribution < 1.29 is 9.47 Å². The van der Waals surface area contributed by atoms with Crippen molar-refractivity contribution in [2.24, 2.45) is 10.9 Å². The molecule has 0 bridgehead atoms. The molecule has 2 aliphatic heterocycles. The lowest BCUT2D eigenvalue weighted by molar-refractivity contribution is 0.170. The maximum atomic E-state index is 5.49. The fourth-order valence-corrected chi connectivity index (χ4v) is 3.81. The molecule has 2 aliphatic rings. The predicted molar refractivity (Wildman–Crippen MR) is 128 cm³/mol. The van der Waals surface area contributed by atoms with E-state index in [9.17, 15) is 0 Å². The number of rotatable bonds is 6. The molecule has 1 saturated heterocycles. The first-order chi connectivity index (χ1) is 14.2. The number of aromatic nitrogens is 2. The van der Waals surface area contributed by atoms with Gasteiger partial charge in [0.15, 0.2) is 17.5 Å². The van der Waals surface area contributed by atoms with Gasteiger partial charge in [0.2, 0.25) is 6.79 Å². The number of piperazine rings is 1. The van der Waals surface area contributed by atoms with E-state index in [0.717, 1.165) is 63.3 Å². The summed E-state index contributed by atoms with van der Waals surface area (Å²) in [5, 5.41) is 7.81. The number of nitrogens with zero attached hydrogens (tertiary/aromatic N) is 5. The average Bonchev–Trinajstić information content (AvgIpc) is 3.41. The number of halogens is 1. The fourth-order valence-electron chi connectivity index (χ4n) is 3.81. The monoisotopic (exact) mass is 526 g/mol. The van der Waals surface area contributed by atoms with Crippen molar-refractivity contribution in [2.75, 3.05) is 46.6 Å². The van der Waals surface area contributed by atoms with E-state index in [1.165, 1.54) is 5.56 Å². The molecule has 9 heteroatoms. The van der Waals surface area contributed by atoms with Gasteiger partial charge in [-0.1, -0.05) is 13.0 Å². The topological polar surface area (TPSA) is 67.2 Å². The van der Waals surface area contributed by atoms with Gasteiger partial charge in [-0.2, -0.15) is 5.10 Å². The van der Waals surface area contributed by atoms with E-state index in [0.29, 0.717) is 12.7 Å². The molecule has 3 heterocycles. The summed E-state index contributed by atoms with van der Waals surface area (Å²) in [5.41, 5.74) is 1.26. The molecule has 0 aliphatic carbocycles. The van der Waals surface area contributed by atoms with Crippen LogP contribution >= 0.6 is 24.0 Å². The van der Waals surface area contributed by atoms with Crippen LogP contribution in [-0.4, -0.2) is 72.1 Å². The van der Waals surface area contributed by atoms with E-state index in [4.69, 9.17) is 9.47 Å². The van der Waals surface area contributed by atoms with Crippen LogP contribution in [0.3, 0.4) is 0 Å². The number of guanidine groups is 1. The second-order valence-corrected chi connectivity index (χ2v) is 7.71. The zero-order valence-electron chi connectivity index (χ0n) is 17.7. The number of ether oxygens (including phenoxy) is 2. The first-order valence-corrected chi connectivity index (χ1v) is 10.2. The molecule has 1 aromatic carbocycles. The van der Waals surface area contributed by atoms with Gasteiger partial charge >= 0.3 is 0 Å². The molecule has 1 N–H and O–H groups in total. The molecule has 1 unspecified atom stereocenters. The lowest BCUT2D eigenvalue weighted by atomic mass is 10.1. The third-order valence-electron chi connectivity index (χ3n) is 5.39. The van der Waals surface area contributed by atoms with Crippen LogP contribution in [0.5, 0.6) is 11.5 Å². The first kappa shape index (κ1) is 22.7. The Morgan fingerprint density at radius 1 is 1.20 bits per heavy atom. The highest BCUT2D eigenvalue weighted by Crippen LogP contribution is 2.32. The van der Waals surface area contributed by atoms with Gasteiger partial charge in [-0.15, -0.1) is 24.0 Å². The minimum Gasteiger partial charge on any atom is -0.454 e. The van der Waals surface area contributed by atoms with Gasteiger partial charge in [0.1, 0.15) is 0 Å². The average molecular weight is 526 g/mol. The molecule has 0 amide bonds. The van der Waals surface area contributed by atoms with Crippen LogP contribution in [0.1, 0.15) is 12.5 Å². The van der Waals surface area contributed by atoms with Gasteiger partial charge in [-0.3, -0.25) is 14.6 Å². The maximum absolute atomic E-state index is 5.49. The molecule has 2 aromatic rings. The molecule has 1 fully saturated rings. The van der Waals surface area contributed by atoms with E-state index in [1.807, 2.05) is 36.3 Å². The molecular weight excluding hydrogens is 495 g/mol. The number of nitrogens with one attached hydrogen (secondary N) is 1. The number of hydrogen-bond donors (Lipinski definition) is 1. The van der Waals surface area contributed by atoms with E-state index < -0.39 is 0 Å². The van der Waals surface area contributed by atoms with Crippen LogP contribution in [0.25, 0.3) is 0 Å². The Morgan fingerprint density at radius 2 is 2.00 bits per heavy atom.